The standard InChI is InChI=1S/C20H32O3.C5H6/c1-20-9-8-15-14-5-3-13(22)10-12(14)2-4-16(15)17(20)6-7-18(20)19(23)11-21;1-2-5-3-4-5/h12-18,21-22H,2-11H2,1H3;1,5H,3-4H2. The fraction of sp³-hybridized carbons (Fsp3) is 0.880. The van der Waals surface area contributed by atoms with Crippen molar-refractivity contribution in [1.82, 2.24) is 0 Å². The predicted molar refractivity (Wildman–Crippen MR) is 110 cm³/mol. The first-order valence-corrected chi connectivity index (χ1v) is 11.8. The number of carbonyl (C=O) groups excluding carboxylic acids is 1. The van der Waals surface area contributed by atoms with Crippen LogP contribution in [0.2, 0.25) is 0 Å². The van der Waals surface area contributed by atoms with Crippen LogP contribution in [-0.2, 0) is 4.79 Å². The van der Waals surface area contributed by atoms with Gasteiger partial charge in [-0.2, -0.15) is 0 Å². The van der Waals surface area contributed by atoms with Gasteiger partial charge in [0.1, 0.15) is 6.61 Å². The van der Waals surface area contributed by atoms with E-state index in [1.54, 1.807) is 0 Å². The highest BCUT2D eigenvalue weighted by molar-refractivity contribution is 5.83. The van der Waals surface area contributed by atoms with Crippen molar-refractivity contribution in [1.29, 1.82) is 0 Å². The summed E-state index contributed by atoms with van der Waals surface area (Å²) in [5.74, 6) is 7.38. The summed E-state index contributed by atoms with van der Waals surface area (Å²) in [6.45, 7) is 2.07. The van der Waals surface area contributed by atoms with E-state index in [0.717, 1.165) is 42.9 Å². The number of ketones is 1. The second-order valence-corrected chi connectivity index (χ2v) is 10.6. The summed E-state index contributed by atoms with van der Waals surface area (Å²) in [6.07, 6.45) is 17.9. The Kier molecular flexibility index (Phi) is 5.92. The molecule has 3 heteroatoms. The van der Waals surface area contributed by atoms with E-state index >= 15 is 0 Å². The molecule has 0 aromatic heterocycles. The molecule has 28 heavy (non-hydrogen) atoms. The van der Waals surface area contributed by atoms with E-state index in [-0.39, 0.29) is 29.8 Å². The maximum atomic E-state index is 12.2. The van der Waals surface area contributed by atoms with Crippen LogP contribution in [0.25, 0.3) is 0 Å². The molecule has 5 fully saturated rings. The van der Waals surface area contributed by atoms with Gasteiger partial charge >= 0.3 is 0 Å². The van der Waals surface area contributed by atoms with E-state index in [4.69, 9.17) is 6.42 Å². The minimum atomic E-state index is -0.274. The van der Waals surface area contributed by atoms with E-state index in [1.165, 1.54) is 51.4 Å². The minimum Gasteiger partial charge on any atom is -0.393 e. The SMILES string of the molecule is C#CC1CC1.CC12CCC3C4CCC(O)CC4CCC3C1CCC2C(=O)CO. The van der Waals surface area contributed by atoms with Crippen LogP contribution < -0.4 is 0 Å². The molecule has 5 aliphatic rings. The monoisotopic (exact) mass is 386 g/mol. The number of terminal acetylenes is 1. The van der Waals surface area contributed by atoms with E-state index in [1.807, 2.05) is 0 Å². The van der Waals surface area contributed by atoms with Crippen LogP contribution >= 0.6 is 0 Å². The molecule has 0 aromatic rings. The Morgan fingerprint density at radius 3 is 2.39 bits per heavy atom. The maximum absolute atomic E-state index is 12.2. The molecule has 5 saturated carbocycles. The van der Waals surface area contributed by atoms with E-state index in [2.05, 4.69) is 12.8 Å². The number of Topliss-reactive ketones (excluding diaryl/α,β-unsaturated/α-hetero) is 1. The summed E-state index contributed by atoms with van der Waals surface area (Å²) < 4.78 is 0. The van der Waals surface area contributed by atoms with Gasteiger partial charge in [-0.05, 0) is 106 Å². The van der Waals surface area contributed by atoms with Crippen LogP contribution in [0.15, 0.2) is 0 Å². The van der Waals surface area contributed by atoms with Crippen LogP contribution in [-0.4, -0.2) is 28.7 Å². The lowest BCUT2D eigenvalue weighted by atomic mass is 9.49. The van der Waals surface area contributed by atoms with Gasteiger partial charge < -0.3 is 10.2 Å². The topological polar surface area (TPSA) is 57.5 Å². The second-order valence-electron chi connectivity index (χ2n) is 10.6. The normalized spacial score (nSPS) is 46.9. The summed E-state index contributed by atoms with van der Waals surface area (Å²) in [7, 11) is 0. The zero-order chi connectivity index (χ0) is 19.9. The highest BCUT2D eigenvalue weighted by Gasteiger charge is 2.58. The number of aliphatic hydroxyl groups is 2. The van der Waals surface area contributed by atoms with Crippen LogP contribution in [0.3, 0.4) is 0 Å². The van der Waals surface area contributed by atoms with Gasteiger partial charge in [-0.15, -0.1) is 12.3 Å². The van der Waals surface area contributed by atoms with Crippen LogP contribution in [0.4, 0.5) is 0 Å². The Hall–Kier alpha value is -0.850. The Morgan fingerprint density at radius 1 is 1.00 bits per heavy atom. The third kappa shape index (κ3) is 3.68. The van der Waals surface area contributed by atoms with E-state index in [9.17, 15) is 15.0 Å². The second kappa shape index (κ2) is 8.11. The predicted octanol–water partition coefficient (Wildman–Crippen LogP) is 4.21. The molecule has 8 atom stereocenters. The van der Waals surface area contributed by atoms with E-state index < -0.39 is 0 Å². The molecule has 0 aliphatic heterocycles. The number of fused-ring (bicyclic) bond motifs is 5. The van der Waals surface area contributed by atoms with Gasteiger partial charge in [0.2, 0.25) is 0 Å². The molecular weight excluding hydrogens is 348 g/mol. The molecule has 0 heterocycles. The fourth-order valence-corrected chi connectivity index (χ4v) is 7.72. The fourth-order valence-electron chi connectivity index (χ4n) is 7.72. The van der Waals surface area contributed by atoms with Gasteiger partial charge in [-0.3, -0.25) is 4.79 Å². The summed E-state index contributed by atoms with van der Waals surface area (Å²) in [4.78, 5) is 12.2. The Morgan fingerprint density at radius 2 is 1.75 bits per heavy atom. The van der Waals surface area contributed by atoms with Crippen molar-refractivity contribution < 1.29 is 15.0 Å². The quantitative estimate of drug-likeness (QED) is 0.699. The van der Waals surface area contributed by atoms with Crippen molar-refractivity contribution in [2.75, 3.05) is 6.61 Å². The molecule has 0 spiro atoms. The maximum Gasteiger partial charge on any atom is 0.161 e. The zero-order valence-electron chi connectivity index (χ0n) is 17.5. The molecule has 0 saturated heterocycles. The Bertz CT molecular complexity index is 618. The lowest BCUT2D eigenvalue weighted by Crippen LogP contribution is -2.49. The van der Waals surface area contributed by atoms with Gasteiger partial charge in [0.15, 0.2) is 5.78 Å². The van der Waals surface area contributed by atoms with Crippen molar-refractivity contribution in [3.05, 3.63) is 0 Å². The van der Waals surface area contributed by atoms with Crippen molar-refractivity contribution in [2.45, 2.75) is 83.7 Å². The Balaban J connectivity index is 0.000000336. The highest BCUT2D eigenvalue weighted by atomic mass is 16.3. The lowest BCUT2D eigenvalue weighted by Gasteiger charge is -2.56. The first kappa shape index (κ1) is 20.4. The van der Waals surface area contributed by atoms with Crippen molar-refractivity contribution in [3.8, 4) is 12.3 Å². The minimum absolute atomic E-state index is 0.0558. The van der Waals surface area contributed by atoms with Crippen molar-refractivity contribution >= 4 is 5.78 Å². The van der Waals surface area contributed by atoms with Gasteiger partial charge in [0.25, 0.3) is 0 Å². The van der Waals surface area contributed by atoms with E-state index in [0.29, 0.717) is 11.8 Å². The number of carbonyl (C=O) groups is 1. The molecule has 5 aliphatic carbocycles. The number of rotatable bonds is 2. The van der Waals surface area contributed by atoms with Gasteiger partial charge in [0, 0.05) is 11.8 Å². The number of aliphatic hydroxyl groups excluding tert-OH is 2. The molecule has 156 valence electrons. The van der Waals surface area contributed by atoms with Crippen LogP contribution in [0.5, 0.6) is 0 Å². The molecule has 5 rings (SSSR count). The highest BCUT2D eigenvalue weighted by Crippen LogP contribution is 2.64. The molecule has 0 radical (unpaired) electrons. The molecule has 0 aromatic carbocycles. The van der Waals surface area contributed by atoms with Crippen LogP contribution in [0.1, 0.15) is 77.6 Å². The largest absolute Gasteiger partial charge is 0.393 e. The molecule has 3 nitrogen and oxygen atoms in total. The molecule has 2 N–H and O–H groups in total. The lowest BCUT2D eigenvalue weighted by molar-refractivity contribution is -0.133. The number of hydrogen-bond acceptors (Lipinski definition) is 3. The summed E-state index contributed by atoms with van der Waals surface area (Å²) in [5, 5.41) is 19.3. The Labute approximate surface area is 170 Å². The van der Waals surface area contributed by atoms with Gasteiger partial charge in [-0.1, -0.05) is 6.92 Å². The molecule has 0 bridgehead atoms. The summed E-state index contributed by atoms with van der Waals surface area (Å²) >= 11 is 0. The van der Waals surface area contributed by atoms with Gasteiger partial charge in [-0.25, -0.2) is 0 Å². The molecule has 8 unspecified atom stereocenters. The zero-order valence-corrected chi connectivity index (χ0v) is 17.5. The average Bonchev–Trinajstić information content (AvgIpc) is 3.48. The van der Waals surface area contributed by atoms with Crippen molar-refractivity contribution in [3.63, 3.8) is 0 Å². The molecule has 0 amide bonds. The third-order valence-electron chi connectivity index (χ3n) is 9.28. The third-order valence-corrected chi connectivity index (χ3v) is 9.28. The first-order chi connectivity index (χ1) is 13.5. The molecular formula is C25H38O3. The van der Waals surface area contributed by atoms with Crippen LogP contribution in [0, 0.1) is 59.2 Å². The smallest absolute Gasteiger partial charge is 0.161 e. The average molecular weight is 387 g/mol. The van der Waals surface area contributed by atoms with Crippen molar-refractivity contribution in [2.24, 2.45) is 46.8 Å². The first-order valence-electron chi connectivity index (χ1n) is 11.8. The summed E-state index contributed by atoms with van der Waals surface area (Å²) in [6, 6.07) is 0. The number of hydrogen-bond donors (Lipinski definition) is 2. The summed E-state index contributed by atoms with van der Waals surface area (Å²) in [5.41, 5.74) is 0.141. The van der Waals surface area contributed by atoms with Gasteiger partial charge in [0.05, 0.1) is 6.10 Å².